The molecular formula is C14H14FN3S. The Morgan fingerprint density at radius 2 is 2.00 bits per heavy atom. The summed E-state index contributed by atoms with van der Waals surface area (Å²) < 4.78 is 14.0. The summed E-state index contributed by atoms with van der Waals surface area (Å²) >= 11 is 1.28. The van der Waals surface area contributed by atoms with Gasteiger partial charge >= 0.3 is 0 Å². The first kappa shape index (κ1) is 12.6. The van der Waals surface area contributed by atoms with Crippen molar-refractivity contribution >= 4 is 11.8 Å². The fourth-order valence-electron chi connectivity index (χ4n) is 1.78. The summed E-state index contributed by atoms with van der Waals surface area (Å²) in [6.07, 6.45) is 5.77. The van der Waals surface area contributed by atoms with Gasteiger partial charge in [0.2, 0.25) is 0 Å². The molecule has 1 N–H and O–H groups in total. The van der Waals surface area contributed by atoms with Crippen LogP contribution in [0.25, 0.3) is 0 Å². The van der Waals surface area contributed by atoms with E-state index >= 15 is 0 Å². The monoisotopic (exact) mass is 275 g/mol. The summed E-state index contributed by atoms with van der Waals surface area (Å²) in [5, 5.41) is 3.98. The van der Waals surface area contributed by atoms with Crippen molar-refractivity contribution < 1.29 is 4.39 Å². The number of rotatable bonds is 5. The molecule has 2 aromatic rings. The molecule has 1 aliphatic rings. The van der Waals surface area contributed by atoms with Crippen molar-refractivity contribution in [3.63, 3.8) is 0 Å². The molecule has 0 spiro atoms. The number of aromatic nitrogens is 2. The Balaban J connectivity index is 1.81. The van der Waals surface area contributed by atoms with E-state index in [1.807, 2.05) is 6.07 Å². The molecule has 1 aromatic heterocycles. The molecule has 1 aliphatic carbocycles. The first-order valence-electron chi connectivity index (χ1n) is 6.28. The van der Waals surface area contributed by atoms with E-state index in [0.717, 1.165) is 5.56 Å². The van der Waals surface area contributed by atoms with E-state index < -0.39 is 0 Å². The minimum atomic E-state index is -0.215. The minimum Gasteiger partial charge on any atom is -0.310 e. The van der Waals surface area contributed by atoms with Gasteiger partial charge in [-0.05, 0) is 42.3 Å². The van der Waals surface area contributed by atoms with Crippen molar-refractivity contribution in [2.24, 2.45) is 0 Å². The number of hydrogen-bond donors (Lipinski definition) is 1. The van der Waals surface area contributed by atoms with Crippen LogP contribution in [0.3, 0.4) is 0 Å². The van der Waals surface area contributed by atoms with Gasteiger partial charge < -0.3 is 5.32 Å². The topological polar surface area (TPSA) is 37.8 Å². The Bertz CT molecular complexity index is 558. The van der Waals surface area contributed by atoms with Crippen molar-refractivity contribution in [2.75, 3.05) is 0 Å². The van der Waals surface area contributed by atoms with Crippen LogP contribution in [0.15, 0.2) is 46.7 Å². The van der Waals surface area contributed by atoms with Crippen LogP contribution in [-0.4, -0.2) is 16.0 Å². The second kappa shape index (κ2) is 5.67. The Hall–Kier alpha value is -1.46. The standard InChI is InChI=1S/C14H14FN3S/c15-12-4-1-3-10(9-18-11-5-6-11)13(12)19-14-16-7-2-8-17-14/h1-4,7-8,11,18H,5-6,9H2. The van der Waals surface area contributed by atoms with E-state index in [1.54, 1.807) is 24.5 Å². The van der Waals surface area contributed by atoms with Gasteiger partial charge in [-0.15, -0.1) is 0 Å². The van der Waals surface area contributed by atoms with Gasteiger partial charge in [-0.2, -0.15) is 0 Å². The maximum Gasteiger partial charge on any atom is 0.192 e. The minimum absolute atomic E-state index is 0.215. The first-order chi connectivity index (χ1) is 9.33. The van der Waals surface area contributed by atoms with E-state index in [1.165, 1.54) is 30.7 Å². The van der Waals surface area contributed by atoms with Gasteiger partial charge in [0.1, 0.15) is 5.82 Å². The van der Waals surface area contributed by atoms with Gasteiger partial charge in [0.15, 0.2) is 5.16 Å². The largest absolute Gasteiger partial charge is 0.310 e. The molecule has 0 unspecified atom stereocenters. The molecule has 1 heterocycles. The van der Waals surface area contributed by atoms with E-state index in [4.69, 9.17) is 0 Å². The Morgan fingerprint density at radius 1 is 1.21 bits per heavy atom. The van der Waals surface area contributed by atoms with Crippen LogP contribution in [-0.2, 0) is 6.54 Å². The van der Waals surface area contributed by atoms with Crippen molar-refractivity contribution in [1.82, 2.24) is 15.3 Å². The Morgan fingerprint density at radius 3 is 2.74 bits per heavy atom. The highest BCUT2D eigenvalue weighted by atomic mass is 32.2. The lowest BCUT2D eigenvalue weighted by Crippen LogP contribution is -2.16. The summed E-state index contributed by atoms with van der Waals surface area (Å²) in [6, 6.07) is 7.53. The summed E-state index contributed by atoms with van der Waals surface area (Å²) in [5.74, 6) is -0.215. The van der Waals surface area contributed by atoms with Crippen LogP contribution in [0, 0.1) is 5.82 Å². The van der Waals surface area contributed by atoms with Crippen molar-refractivity contribution in [3.8, 4) is 0 Å². The predicted molar refractivity (Wildman–Crippen MR) is 72.4 cm³/mol. The maximum atomic E-state index is 14.0. The number of nitrogens with one attached hydrogen (secondary N) is 1. The Kier molecular flexibility index (Phi) is 3.75. The van der Waals surface area contributed by atoms with Crippen LogP contribution in [0.4, 0.5) is 4.39 Å². The zero-order valence-corrected chi connectivity index (χ0v) is 11.2. The highest BCUT2D eigenvalue weighted by Crippen LogP contribution is 2.31. The van der Waals surface area contributed by atoms with Crippen LogP contribution in [0.2, 0.25) is 0 Å². The molecule has 0 saturated heterocycles. The van der Waals surface area contributed by atoms with Crippen molar-refractivity contribution in [2.45, 2.75) is 35.5 Å². The molecule has 1 aromatic carbocycles. The maximum absolute atomic E-state index is 14.0. The third kappa shape index (κ3) is 3.30. The van der Waals surface area contributed by atoms with Crippen LogP contribution >= 0.6 is 11.8 Å². The van der Waals surface area contributed by atoms with Crippen LogP contribution in [0.5, 0.6) is 0 Å². The number of benzene rings is 1. The fraction of sp³-hybridized carbons (Fsp3) is 0.286. The zero-order chi connectivity index (χ0) is 13.1. The molecule has 1 fully saturated rings. The second-order valence-electron chi connectivity index (χ2n) is 4.52. The van der Waals surface area contributed by atoms with Gasteiger partial charge in [0.25, 0.3) is 0 Å². The lowest BCUT2D eigenvalue weighted by molar-refractivity contribution is 0.588. The third-order valence-electron chi connectivity index (χ3n) is 2.94. The van der Waals surface area contributed by atoms with Crippen molar-refractivity contribution in [3.05, 3.63) is 48.0 Å². The van der Waals surface area contributed by atoms with E-state index in [9.17, 15) is 4.39 Å². The van der Waals surface area contributed by atoms with Gasteiger partial charge in [-0.25, -0.2) is 14.4 Å². The smallest absolute Gasteiger partial charge is 0.192 e. The molecule has 0 atom stereocenters. The summed E-state index contributed by atoms with van der Waals surface area (Å²) in [7, 11) is 0. The molecule has 1 saturated carbocycles. The lowest BCUT2D eigenvalue weighted by Gasteiger charge is -2.10. The number of nitrogens with zero attached hydrogens (tertiary/aromatic N) is 2. The first-order valence-corrected chi connectivity index (χ1v) is 7.10. The average Bonchev–Trinajstić information content (AvgIpc) is 3.25. The predicted octanol–water partition coefficient (Wildman–Crippen LogP) is 3.02. The SMILES string of the molecule is Fc1cccc(CNC2CC2)c1Sc1ncccn1. The van der Waals surface area contributed by atoms with E-state index in [2.05, 4.69) is 15.3 Å². The summed E-state index contributed by atoms with van der Waals surface area (Å²) in [4.78, 5) is 8.87. The van der Waals surface area contributed by atoms with Gasteiger partial charge in [-0.3, -0.25) is 0 Å². The van der Waals surface area contributed by atoms with Crippen molar-refractivity contribution in [1.29, 1.82) is 0 Å². The lowest BCUT2D eigenvalue weighted by atomic mass is 10.2. The zero-order valence-electron chi connectivity index (χ0n) is 10.3. The molecule has 19 heavy (non-hydrogen) atoms. The average molecular weight is 275 g/mol. The van der Waals surface area contributed by atoms with Gasteiger partial charge in [-0.1, -0.05) is 12.1 Å². The fourth-order valence-corrected chi connectivity index (χ4v) is 2.62. The summed E-state index contributed by atoms with van der Waals surface area (Å²) in [6.45, 7) is 0.692. The van der Waals surface area contributed by atoms with E-state index in [-0.39, 0.29) is 5.82 Å². The molecule has 0 aliphatic heterocycles. The van der Waals surface area contributed by atoms with E-state index in [0.29, 0.717) is 22.6 Å². The number of halogens is 1. The van der Waals surface area contributed by atoms with Gasteiger partial charge in [0.05, 0.1) is 4.90 Å². The van der Waals surface area contributed by atoms with Crippen LogP contribution in [0.1, 0.15) is 18.4 Å². The molecule has 3 nitrogen and oxygen atoms in total. The Labute approximate surface area is 115 Å². The molecular weight excluding hydrogens is 261 g/mol. The second-order valence-corrected chi connectivity index (χ2v) is 5.49. The van der Waals surface area contributed by atoms with Crippen LogP contribution < -0.4 is 5.32 Å². The molecule has 98 valence electrons. The number of hydrogen-bond acceptors (Lipinski definition) is 4. The molecule has 0 bridgehead atoms. The highest BCUT2D eigenvalue weighted by Gasteiger charge is 2.21. The molecule has 3 rings (SSSR count). The molecule has 5 heteroatoms. The highest BCUT2D eigenvalue weighted by molar-refractivity contribution is 7.99. The van der Waals surface area contributed by atoms with Gasteiger partial charge in [0, 0.05) is 25.0 Å². The molecule has 0 amide bonds. The quantitative estimate of drug-likeness (QED) is 0.851. The summed E-state index contributed by atoms with van der Waals surface area (Å²) in [5.41, 5.74) is 0.962. The molecule has 0 radical (unpaired) electrons. The third-order valence-corrected chi connectivity index (χ3v) is 4.00. The normalized spacial score (nSPS) is 14.6.